The first-order valence-corrected chi connectivity index (χ1v) is 9.28. The molecule has 0 N–H and O–H groups in total. The van der Waals surface area contributed by atoms with Gasteiger partial charge >= 0.3 is 5.97 Å². The SMILES string of the molecule is COC(=O)C1c2ccsc2CCN1C(=O)CSc1ccc(F)cc1. The summed E-state index contributed by atoms with van der Waals surface area (Å²) in [6.07, 6.45) is 0.744. The van der Waals surface area contributed by atoms with E-state index in [1.165, 1.54) is 31.0 Å². The van der Waals surface area contributed by atoms with E-state index in [2.05, 4.69) is 0 Å². The Morgan fingerprint density at radius 1 is 1.33 bits per heavy atom. The highest BCUT2D eigenvalue weighted by molar-refractivity contribution is 8.00. The molecule has 1 amide bonds. The van der Waals surface area contributed by atoms with Gasteiger partial charge in [-0.2, -0.15) is 0 Å². The van der Waals surface area contributed by atoms with Gasteiger partial charge in [-0.25, -0.2) is 9.18 Å². The molecule has 0 fully saturated rings. The van der Waals surface area contributed by atoms with Gasteiger partial charge in [0.05, 0.1) is 12.9 Å². The smallest absolute Gasteiger partial charge is 0.333 e. The van der Waals surface area contributed by atoms with E-state index in [4.69, 9.17) is 4.74 Å². The van der Waals surface area contributed by atoms with Crippen LogP contribution in [0, 0.1) is 5.82 Å². The van der Waals surface area contributed by atoms with Crippen LogP contribution in [0.25, 0.3) is 0 Å². The molecule has 0 aliphatic carbocycles. The van der Waals surface area contributed by atoms with Crippen LogP contribution in [-0.2, 0) is 20.7 Å². The zero-order valence-corrected chi connectivity index (χ0v) is 14.7. The summed E-state index contributed by atoms with van der Waals surface area (Å²) in [6, 6.07) is 7.21. The molecule has 1 aromatic heterocycles. The van der Waals surface area contributed by atoms with Crippen molar-refractivity contribution < 1.29 is 18.7 Å². The standard InChI is InChI=1S/C17H16FNO3S2/c1-22-17(21)16-13-7-9-23-14(13)6-8-19(16)15(20)10-24-12-4-2-11(18)3-5-12/h2-5,7,9,16H,6,8,10H2,1H3. The van der Waals surface area contributed by atoms with E-state index in [-0.39, 0.29) is 17.5 Å². The quantitative estimate of drug-likeness (QED) is 0.616. The molecule has 0 radical (unpaired) electrons. The first-order chi connectivity index (χ1) is 11.6. The van der Waals surface area contributed by atoms with Crippen LogP contribution >= 0.6 is 23.1 Å². The Labute approximate surface area is 147 Å². The third-order valence-corrected chi connectivity index (χ3v) is 5.88. The fourth-order valence-electron chi connectivity index (χ4n) is 2.71. The number of carbonyl (C=O) groups is 2. The number of hydrogen-bond acceptors (Lipinski definition) is 5. The van der Waals surface area contributed by atoms with Crippen molar-refractivity contribution in [3.05, 3.63) is 52.0 Å². The highest BCUT2D eigenvalue weighted by Crippen LogP contribution is 2.34. The van der Waals surface area contributed by atoms with Crippen molar-refractivity contribution >= 4 is 35.0 Å². The first kappa shape index (κ1) is 17.0. The number of amides is 1. The van der Waals surface area contributed by atoms with Crippen LogP contribution in [0.2, 0.25) is 0 Å². The second kappa shape index (κ2) is 7.36. The Morgan fingerprint density at radius 3 is 2.79 bits per heavy atom. The maximum atomic E-state index is 12.9. The van der Waals surface area contributed by atoms with Gasteiger partial charge in [-0.1, -0.05) is 0 Å². The number of thiophene rings is 1. The normalized spacial score (nSPS) is 16.6. The average molecular weight is 365 g/mol. The molecule has 0 spiro atoms. The summed E-state index contributed by atoms with van der Waals surface area (Å²) >= 11 is 2.92. The zero-order valence-electron chi connectivity index (χ0n) is 13.0. The Balaban J connectivity index is 1.73. The van der Waals surface area contributed by atoms with Gasteiger partial charge in [0.1, 0.15) is 5.82 Å². The van der Waals surface area contributed by atoms with Crippen molar-refractivity contribution in [2.45, 2.75) is 17.4 Å². The molecule has 0 saturated carbocycles. The molecule has 0 bridgehead atoms. The predicted molar refractivity (Wildman–Crippen MR) is 91.6 cm³/mol. The molecule has 7 heteroatoms. The number of benzene rings is 1. The second-order valence-corrected chi connectivity index (χ2v) is 7.35. The fourth-order valence-corrected chi connectivity index (χ4v) is 4.40. The van der Waals surface area contributed by atoms with Gasteiger partial charge in [0.15, 0.2) is 6.04 Å². The van der Waals surface area contributed by atoms with E-state index in [0.29, 0.717) is 6.54 Å². The van der Waals surface area contributed by atoms with Crippen molar-refractivity contribution in [3.63, 3.8) is 0 Å². The number of nitrogens with zero attached hydrogens (tertiary/aromatic N) is 1. The number of esters is 1. The van der Waals surface area contributed by atoms with Gasteiger partial charge in [-0.05, 0) is 47.7 Å². The van der Waals surface area contributed by atoms with Gasteiger partial charge in [0.25, 0.3) is 0 Å². The summed E-state index contributed by atoms with van der Waals surface area (Å²) in [7, 11) is 1.33. The van der Waals surface area contributed by atoms with Crippen LogP contribution in [0.15, 0.2) is 40.6 Å². The van der Waals surface area contributed by atoms with Crippen molar-refractivity contribution in [1.82, 2.24) is 4.90 Å². The van der Waals surface area contributed by atoms with E-state index < -0.39 is 12.0 Å². The molecule has 1 aliphatic heterocycles. The molecule has 1 atom stereocenters. The number of fused-ring (bicyclic) bond motifs is 1. The Hall–Kier alpha value is -1.86. The van der Waals surface area contributed by atoms with E-state index in [1.807, 2.05) is 11.4 Å². The van der Waals surface area contributed by atoms with Crippen LogP contribution in [0.1, 0.15) is 16.5 Å². The Morgan fingerprint density at radius 2 is 2.08 bits per heavy atom. The Kier molecular flexibility index (Phi) is 5.20. The maximum absolute atomic E-state index is 12.9. The van der Waals surface area contributed by atoms with Crippen LogP contribution in [0.4, 0.5) is 4.39 Å². The lowest BCUT2D eigenvalue weighted by Gasteiger charge is -2.34. The van der Waals surface area contributed by atoms with Crippen molar-refractivity contribution in [2.24, 2.45) is 0 Å². The minimum atomic E-state index is -0.675. The first-order valence-electron chi connectivity index (χ1n) is 7.42. The molecule has 0 saturated heterocycles. The van der Waals surface area contributed by atoms with Crippen molar-refractivity contribution in [1.29, 1.82) is 0 Å². The molecule has 126 valence electrons. The number of rotatable bonds is 4. The van der Waals surface area contributed by atoms with Crippen LogP contribution in [0.3, 0.4) is 0 Å². The minimum absolute atomic E-state index is 0.128. The third kappa shape index (κ3) is 3.47. The summed E-state index contributed by atoms with van der Waals surface area (Å²) in [4.78, 5) is 28.3. The number of thioether (sulfide) groups is 1. The molecule has 2 aromatic rings. The summed E-state index contributed by atoms with van der Waals surface area (Å²) in [5.41, 5.74) is 0.859. The fraction of sp³-hybridized carbons (Fsp3) is 0.294. The lowest BCUT2D eigenvalue weighted by molar-refractivity contribution is -0.153. The molecule has 24 heavy (non-hydrogen) atoms. The summed E-state index contributed by atoms with van der Waals surface area (Å²) in [5, 5.41) is 1.93. The van der Waals surface area contributed by atoms with Gasteiger partial charge < -0.3 is 9.64 Å². The summed E-state index contributed by atoms with van der Waals surface area (Å²) < 4.78 is 17.8. The van der Waals surface area contributed by atoms with E-state index >= 15 is 0 Å². The largest absolute Gasteiger partial charge is 0.467 e. The molecular formula is C17H16FNO3S2. The number of carbonyl (C=O) groups excluding carboxylic acids is 2. The predicted octanol–water partition coefficient (Wildman–Crippen LogP) is 3.28. The third-order valence-electron chi connectivity index (χ3n) is 3.89. The van der Waals surface area contributed by atoms with Crippen molar-refractivity contribution in [2.75, 3.05) is 19.4 Å². The van der Waals surface area contributed by atoms with E-state index in [0.717, 1.165) is 21.8 Å². The number of halogens is 1. The second-order valence-electron chi connectivity index (χ2n) is 5.30. The summed E-state index contributed by atoms with van der Waals surface area (Å²) in [6.45, 7) is 0.496. The average Bonchev–Trinajstić information content (AvgIpc) is 3.08. The minimum Gasteiger partial charge on any atom is -0.467 e. The van der Waals surface area contributed by atoms with Crippen LogP contribution in [0.5, 0.6) is 0 Å². The summed E-state index contributed by atoms with van der Waals surface area (Å²) in [5.74, 6) is -0.665. The lowest BCUT2D eigenvalue weighted by Crippen LogP contribution is -2.44. The molecule has 1 aromatic carbocycles. The van der Waals surface area contributed by atoms with Gasteiger partial charge in [-0.3, -0.25) is 4.79 Å². The van der Waals surface area contributed by atoms with Crippen LogP contribution in [-0.4, -0.2) is 36.2 Å². The Bertz CT molecular complexity index is 745. The molecule has 4 nitrogen and oxygen atoms in total. The van der Waals surface area contributed by atoms with Crippen molar-refractivity contribution in [3.8, 4) is 0 Å². The maximum Gasteiger partial charge on any atom is 0.333 e. The molecule has 2 heterocycles. The van der Waals surface area contributed by atoms with E-state index in [9.17, 15) is 14.0 Å². The molecule has 3 rings (SSSR count). The number of hydrogen-bond donors (Lipinski definition) is 0. The highest BCUT2D eigenvalue weighted by Gasteiger charge is 2.37. The number of ether oxygens (including phenoxy) is 1. The lowest BCUT2D eigenvalue weighted by atomic mass is 10.00. The number of methoxy groups -OCH3 is 1. The van der Waals surface area contributed by atoms with Gasteiger partial charge in [0, 0.05) is 16.3 Å². The van der Waals surface area contributed by atoms with Gasteiger partial charge in [-0.15, -0.1) is 23.1 Å². The van der Waals surface area contributed by atoms with Gasteiger partial charge in [0.2, 0.25) is 5.91 Å². The van der Waals surface area contributed by atoms with E-state index in [1.54, 1.807) is 28.4 Å². The molecule has 1 unspecified atom stereocenters. The van der Waals surface area contributed by atoms with Crippen LogP contribution < -0.4 is 0 Å². The zero-order chi connectivity index (χ0) is 17.1. The molecular weight excluding hydrogens is 349 g/mol. The monoisotopic (exact) mass is 365 g/mol. The highest BCUT2D eigenvalue weighted by atomic mass is 32.2. The topological polar surface area (TPSA) is 46.6 Å². The molecule has 1 aliphatic rings.